The molecule has 5 heteroatoms. The summed E-state index contributed by atoms with van der Waals surface area (Å²) in [5, 5.41) is 14.6. The third-order valence-corrected chi connectivity index (χ3v) is 4.92. The fourth-order valence-corrected chi connectivity index (χ4v) is 3.53. The van der Waals surface area contributed by atoms with Crippen molar-refractivity contribution >= 4 is 23.4 Å². The SMILES string of the molecule is OC(CNCC1CCCS1)COCc1ccc(Cl)cc1. The van der Waals surface area contributed by atoms with Crippen LogP contribution in [0.2, 0.25) is 5.02 Å². The molecule has 20 heavy (non-hydrogen) atoms. The van der Waals surface area contributed by atoms with Gasteiger partial charge in [0.15, 0.2) is 0 Å². The van der Waals surface area contributed by atoms with Gasteiger partial charge in [-0.25, -0.2) is 0 Å². The zero-order chi connectivity index (χ0) is 14.2. The van der Waals surface area contributed by atoms with Crippen LogP contribution >= 0.6 is 23.4 Å². The van der Waals surface area contributed by atoms with Crippen molar-refractivity contribution in [2.24, 2.45) is 0 Å². The average molecular weight is 316 g/mol. The molecule has 1 aromatic rings. The van der Waals surface area contributed by atoms with Gasteiger partial charge in [0.25, 0.3) is 0 Å². The maximum atomic E-state index is 9.83. The van der Waals surface area contributed by atoms with E-state index in [4.69, 9.17) is 16.3 Å². The third-order valence-electron chi connectivity index (χ3n) is 3.27. The van der Waals surface area contributed by atoms with Gasteiger partial charge in [-0.2, -0.15) is 11.8 Å². The maximum absolute atomic E-state index is 9.83. The van der Waals surface area contributed by atoms with Crippen LogP contribution in [0.4, 0.5) is 0 Å². The molecule has 1 fully saturated rings. The number of hydrogen-bond acceptors (Lipinski definition) is 4. The highest BCUT2D eigenvalue weighted by Gasteiger charge is 2.15. The molecule has 1 aliphatic heterocycles. The molecule has 2 atom stereocenters. The van der Waals surface area contributed by atoms with Crippen LogP contribution in [0.5, 0.6) is 0 Å². The Balaban J connectivity index is 1.53. The lowest BCUT2D eigenvalue weighted by molar-refractivity contribution is 0.0290. The van der Waals surface area contributed by atoms with E-state index in [0.717, 1.165) is 22.4 Å². The van der Waals surface area contributed by atoms with Crippen LogP contribution < -0.4 is 5.32 Å². The van der Waals surface area contributed by atoms with Gasteiger partial charge >= 0.3 is 0 Å². The molecule has 2 N–H and O–H groups in total. The number of benzene rings is 1. The van der Waals surface area contributed by atoms with Crippen molar-refractivity contribution in [2.45, 2.75) is 30.8 Å². The van der Waals surface area contributed by atoms with E-state index in [1.165, 1.54) is 18.6 Å². The molecular weight excluding hydrogens is 294 g/mol. The van der Waals surface area contributed by atoms with Gasteiger partial charge in [0, 0.05) is 23.4 Å². The summed E-state index contributed by atoms with van der Waals surface area (Å²) in [4.78, 5) is 0. The van der Waals surface area contributed by atoms with E-state index in [-0.39, 0.29) is 0 Å². The Bertz CT molecular complexity index is 382. The molecule has 0 saturated carbocycles. The van der Waals surface area contributed by atoms with Crippen LogP contribution in [0.15, 0.2) is 24.3 Å². The predicted octanol–water partition coefficient (Wildman–Crippen LogP) is 2.70. The monoisotopic (exact) mass is 315 g/mol. The number of ether oxygens (including phenoxy) is 1. The molecule has 0 aromatic heterocycles. The van der Waals surface area contributed by atoms with E-state index in [1.54, 1.807) is 0 Å². The first-order chi connectivity index (χ1) is 9.74. The Morgan fingerprint density at radius 3 is 2.90 bits per heavy atom. The van der Waals surface area contributed by atoms with Gasteiger partial charge in [0.05, 0.1) is 19.3 Å². The summed E-state index contributed by atoms with van der Waals surface area (Å²) in [6.45, 7) is 2.44. The Morgan fingerprint density at radius 1 is 1.40 bits per heavy atom. The molecular formula is C15H22ClNO2S. The second-order valence-electron chi connectivity index (χ2n) is 5.09. The Morgan fingerprint density at radius 2 is 2.20 bits per heavy atom. The molecule has 2 rings (SSSR count). The van der Waals surface area contributed by atoms with E-state index < -0.39 is 6.10 Å². The fraction of sp³-hybridized carbons (Fsp3) is 0.600. The van der Waals surface area contributed by atoms with Crippen molar-refractivity contribution in [3.63, 3.8) is 0 Å². The first-order valence-corrected chi connectivity index (χ1v) is 8.49. The van der Waals surface area contributed by atoms with Crippen LogP contribution in [-0.4, -0.2) is 41.9 Å². The maximum Gasteiger partial charge on any atom is 0.0897 e. The minimum atomic E-state index is -0.450. The number of rotatable bonds is 8. The molecule has 0 aliphatic carbocycles. The summed E-state index contributed by atoms with van der Waals surface area (Å²) >= 11 is 7.84. The van der Waals surface area contributed by atoms with Crippen molar-refractivity contribution in [2.75, 3.05) is 25.4 Å². The topological polar surface area (TPSA) is 41.5 Å². The molecule has 1 aromatic carbocycles. The fourth-order valence-electron chi connectivity index (χ4n) is 2.17. The van der Waals surface area contributed by atoms with Crippen molar-refractivity contribution in [3.8, 4) is 0 Å². The molecule has 0 radical (unpaired) electrons. The predicted molar refractivity (Wildman–Crippen MR) is 85.5 cm³/mol. The largest absolute Gasteiger partial charge is 0.389 e. The molecule has 112 valence electrons. The van der Waals surface area contributed by atoms with Gasteiger partial charge < -0.3 is 15.2 Å². The lowest BCUT2D eigenvalue weighted by atomic mass is 10.2. The zero-order valence-corrected chi connectivity index (χ0v) is 13.1. The highest BCUT2D eigenvalue weighted by molar-refractivity contribution is 8.00. The third kappa shape index (κ3) is 6.02. The summed E-state index contributed by atoms with van der Waals surface area (Å²) in [6, 6.07) is 7.56. The number of aliphatic hydroxyl groups excluding tert-OH is 1. The van der Waals surface area contributed by atoms with Crippen molar-refractivity contribution in [3.05, 3.63) is 34.9 Å². The first-order valence-electron chi connectivity index (χ1n) is 7.06. The summed E-state index contributed by atoms with van der Waals surface area (Å²) in [6.07, 6.45) is 2.17. The lowest BCUT2D eigenvalue weighted by Crippen LogP contribution is -2.33. The van der Waals surface area contributed by atoms with Crippen LogP contribution in [-0.2, 0) is 11.3 Å². The van der Waals surface area contributed by atoms with Crippen molar-refractivity contribution in [1.29, 1.82) is 0 Å². The molecule has 3 nitrogen and oxygen atoms in total. The van der Waals surface area contributed by atoms with Gasteiger partial charge in [-0.15, -0.1) is 0 Å². The molecule has 2 unspecified atom stereocenters. The highest BCUT2D eigenvalue weighted by atomic mass is 35.5. The molecule has 1 aliphatic rings. The molecule has 1 heterocycles. The normalized spacial score (nSPS) is 20.2. The number of nitrogens with one attached hydrogen (secondary N) is 1. The van der Waals surface area contributed by atoms with Gasteiger partial charge in [-0.05, 0) is 36.3 Å². The number of aliphatic hydroxyl groups is 1. The minimum absolute atomic E-state index is 0.355. The average Bonchev–Trinajstić information content (AvgIpc) is 2.94. The Hall–Kier alpha value is -0.260. The highest BCUT2D eigenvalue weighted by Crippen LogP contribution is 2.25. The first kappa shape index (κ1) is 16.1. The number of hydrogen-bond donors (Lipinski definition) is 2. The summed E-state index contributed by atoms with van der Waals surface area (Å²) in [5.41, 5.74) is 1.07. The number of halogens is 1. The van der Waals surface area contributed by atoms with Crippen LogP contribution in [0.25, 0.3) is 0 Å². The van der Waals surface area contributed by atoms with Crippen LogP contribution in [0.3, 0.4) is 0 Å². The minimum Gasteiger partial charge on any atom is -0.389 e. The second-order valence-corrected chi connectivity index (χ2v) is 6.93. The molecule has 1 saturated heterocycles. The molecule has 0 amide bonds. The molecule has 0 bridgehead atoms. The van der Waals surface area contributed by atoms with Gasteiger partial charge in [-0.3, -0.25) is 0 Å². The van der Waals surface area contributed by atoms with Gasteiger partial charge in [-0.1, -0.05) is 23.7 Å². The second kappa shape index (κ2) is 8.90. The van der Waals surface area contributed by atoms with Gasteiger partial charge in [0.1, 0.15) is 0 Å². The molecule has 0 spiro atoms. The van der Waals surface area contributed by atoms with Crippen LogP contribution in [0.1, 0.15) is 18.4 Å². The number of thioether (sulfide) groups is 1. The van der Waals surface area contributed by atoms with Crippen LogP contribution in [0, 0.1) is 0 Å². The van der Waals surface area contributed by atoms with E-state index in [9.17, 15) is 5.11 Å². The Kier molecular flexibility index (Phi) is 7.17. The van der Waals surface area contributed by atoms with E-state index >= 15 is 0 Å². The van der Waals surface area contributed by atoms with E-state index in [2.05, 4.69) is 5.32 Å². The smallest absolute Gasteiger partial charge is 0.0897 e. The summed E-state index contributed by atoms with van der Waals surface area (Å²) in [5.74, 6) is 1.28. The Labute approximate surface area is 130 Å². The van der Waals surface area contributed by atoms with Crippen molar-refractivity contribution in [1.82, 2.24) is 5.32 Å². The van der Waals surface area contributed by atoms with Crippen molar-refractivity contribution < 1.29 is 9.84 Å². The van der Waals surface area contributed by atoms with Gasteiger partial charge in [0.2, 0.25) is 0 Å². The standard InChI is InChI=1S/C15H22ClNO2S/c16-13-5-3-12(4-6-13)10-19-11-14(18)8-17-9-15-2-1-7-20-15/h3-6,14-15,17-18H,1-2,7-11H2. The van der Waals surface area contributed by atoms with E-state index in [1.807, 2.05) is 36.0 Å². The summed E-state index contributed by atoms with van der Waals surface area (Å²) < 4.78 is 5.51. The van der Waals surface area contributed by atoms with E-state index in [0.29, 0.717) is 19.8 Å². The quantitative estimate of drug-likeness (QED) is 0.774. The lowest BCUT2D eigenvalue weighted by Gasteiger charge is -2.14. The zero-order valence-electron chi connectivity index (χ0n) is 11.6. The summed E-state index contributed by atoms with van der Waals surface area (Å²) in [7, 11) is 0.